The van der Waals surface area contributed by atoms with Gasteiger partial charge in [-0.05, 0) is 36.0 Å². The van der Waals surface area contributed by atoms with Crippen molar-refractivity contribution in [3.63, 3.8) is 0 Å². The molecule has 0 aliphatic rings. The molecular weight excluding hydrogens is 480 g/mol. The van der Waals surface area contributed by atoms with Crippen molar-refractivity contribution >= 4 is 52.0 Å². The molecule has 6 nitrogen and oxygen atoms in total. The number of carbonyl (C=O) groups is 3. The minimum absolute atomic E-state index is 0.0296. The molecular formula is C27H20N2O4S2. The van der Waals surface area contributed by atoms with Gasteiger partial charge in [0.1, 0.15) is 4.88 Å². The van der Waals surface area contributed by atoms with E-state index in [1.807, 2.05) is 36.4 Å². The van der Waals surface area contributed by atoms with Crippen LogP contribution in [0.4, 0.5) is 5.69 Å². The largest absolute Gasteiger partial charge is 0.465 e. The Bertz CT molecular complexity index is 1380. The van der Waals surface area contributed by atoms with Crippen LogP contribution in [0.25, 0.3) is 10.4 Å². The van der Waals surface area contributed by atoms with Crippen molar-refractivity contribution < 1.29 is 19.1 Å². The summed E-state index contributed by atoms with van der Waals surface area (Å²) in [5.41, 5.74) is 2.76. The lowest BCUT2D eigenvalue weighted by Gasteiger charge is -2.10. The first-order valence-corrected chi connectivity index (χ1v) is 11.8. The molecule has 35 heavy (non-hydrogen) atoms. The number of hydrogen-bond acceptors (Lipinski definition) is 6. The first kappa shape index (κ1) is 24.0. The Morgan fingerprint density at radius 1 is 0.800 bits per heavy atom. The summed E-state index contributed by atoms with van der Waals surface area (Å²) in [6.07, 6.45) is 0. The van der Waals surface area contributed by atoms with E-state index in [1.54, 1.807) is 54.6 Å². The lowest BCUT2D eigenvalue weighted by Crippen LogP contribution is -2.34. The lowest BCUT2D eigenvalue weighted by molar-refractivity contribution is 0.0607. The van der Waals surface area contributed by atoms with E-state index in [0.717, 1.165) is 10.4 Å². The van der Waals surface area contributed by atoms with Crippen molar-refractivity contribution in [2.75, 3.05) is 12.4 Å². The number of hydrogen-bond donors (Lipinski definition) is 2. The van der Waals surface area contributed by atoms with Crippen LogP contribution >= 0.6 is 23.6 Å². The minimum Gasteiger partial charge on any atom is -0.465 e. The maximum Gasteiger partial charge on any atom is 0.350 e. The second-order valence-electron chi connectivity index (χ2n) is 7.39. The van der Waals surface area contributed by atoms with Gasteiger partial charge in [0.25, 0.3) is 5.91 Å². The third-order valence-electron chi connectivity index (χ3n) is 5.08. The predicted octanol–water partition coefficient (Wildman–Crippen LogP) is 5.56. The van der Waals surface area contributed by atoms with Crippen LogP contribution in [0.3, 0.4) is 0 Å². The highest BCUT2D eigenvalue weighted by molar-refractivity contribution is 7.80. The zero-order valence-electron chi connectivity index (χ0n) is 18.6. The number of nitrogens with one attached hydrogen (secondary N) is 2. The van der Waals surface area contributed by atoms with E-state index in [-0.39, 0.29) is 10.9 Å². The molecule has 1 amide bonds. The fourth-order valence-electron chi connectivity index (χ4n) is 3.33. The van der Waals surface area contributed by atoms with Gasteiger partial charge in [0.2, 0.25) is 0 Å². The molecule has 8 heteroatoms. The Morgan fingerprint density at radius 3 is 2.00 bits per heavy atom. The number of carbonyl (C=O) groups excluding carboxylic acids is 3. The van der Waals surface area contributed by atoms with Gasteiger partial charge in [0, 0.05) is 21.6 Å². The molecule has 0 aliphatic carbocycles. The summed E-state index contributed by atoms with van der Waals surface area (Å²) in [5, 5.41) is 5.56. The van der Waals surface area contributed by atoms with Crippen LogP contribution in [0, 0.1) is 0 Å². The van der Waals surface area contributed by atoms with E-state index < -0.39 is 11.9 Å². The maximum atomic E-state index is 12.7. The van der Waals surface area contributed by atoms with E-state index in [1.165, 1.54) is 18.4 Å². The first-order valence-electron chi connectivity index (χ1n) is 10.6. The zero-order valence-corrected chi connectivity index (χ0v) is 20.2. The standard InChI is InChI=1S/C27H20N2O4S2/c1-33-26(32)24-21(16-22(35-24)17-8-4-2-5-9-17)28-27(34)29-25(31)20-14-12-19(13-15-20)23(30)18-10-6-3-7-11-18/h2-16H,1H3,(H2,28,29,31,34). The Balaban J connectivity index is 1.45. The summed E-state index contributed by atoms with van der Waals surface area (Å²) in [5.74, 6) is -1.08. The van der Waals surface area contributed by atoms with E-state index in [0.29, 0.717) is 27.3 Å². The molecule has 0 radical (unpaired) electrons. The monoisotopic (exact) mass is 500 g/mol. The highest BCUT2D eigenvalue weighted by atomic mass is 32.1. The van der Waals surface area contributed by atoms with Crippen LogP contribution in [0.1, 0.15) is 36.0 Å². The molecule has 1 heterocycles. The van der Waals surface area contributed by atoms with Crippen LogP contribution in [-0.4, -0.2) is 29.9 Å². The summed E-state index contributed by atoms with van der Waals surface area (Å²) >= 11 is 6.57. The third-order valence-corrected chi connectivity index (χ3v) is 6.45. The molecule has 0 atom stereocenters. The number of thiocarbonyl (C=S) groups is 1. The summed E-state index contributed by atoms with van der Waals surface area (Å²) in [4.78, 5) is 38.7. The summed E-state index contributed by atoms with van der Waals surface area (Å²) in [6, 6.07) is 26.6. The maximum absolute atomic E-state index is 12.7. The Morgan fingerprint density at radius 2 is 1.37 bits per heavy atom. The quantitative estimate of drug-likeness (QED) is 0.205. The van der Waals surface area contributed by atoms with Gasteiger partial charge in [0.15, 0.2) is 10.9 Å². The van der Waals surface area contributed by atoms with Crippen LogP contribution in [0.15, 0.2) is 91.0 Å². The second-order valence-corrected chi connectivity index (χ2v) is 8.85. The number of benzene rings is 3. The van der Waals surface area contributed by atoms with Crippen molar-refractivity contribution in [1.29, 1.82) is 0 Å². The number of rotatable bonds is 6. The molecule has 3 aromatic carbocycles. The van der Waals surface area contributed by atoms with Gasteiger partial charge < -0.3 is 10.1 Å². The summed E-state index contributed by atoms with van der Waals surface area (Å²) in [6.45, 7) is 0. The molecule has 0 saturated carbocycles. The molecule has 0 fully saturated rings. The first-order chi connectivity index (χ1) is 17.0. The lowest BCUT2D eigenvalue weighted by atomic mass is 10.0. The highest BCUT2D eigenvalue weighted by Crippen LogP contribution is 2.35. The van der Waals surface area contributed by atoms with E-state index in [9.17, 15) is 14.4 Å². The van der Waals surface area contributed by atoms with Crippen LogP contribution in [0.5, 0.6) is 0 Å². The Kier molecular flexibility index (Phi) is 7.45. The van der Waals surface area contributed by atoms with Crippen LogP contribution in [0.2, 0.25) is 0 Å². The predicted molar refractivity (Wildman–Crippen MR) is 141 cm³/mol. The fourth-order valence-corrected chi connectivity index (χ4v) is 4.57. The number of ketones is 1. The van der Waals surface area contributed by atoms with Crippen molar-refractivity contribution in [1.82, 2.24) is 5.32 Å². The van der Waals surface area contributed by atoms with Gasteiger partial charge in [-0.1, -0.05) is 72.8 Å². The van der Waals surface area contributed by atoms with Crippen molar-refractivity contribution in [2.24, 2.45) is 0 Å². The summed E-state index contributed by atoms with van der Waals surface area (Å²) < 4.78 is 4.89. The van der Waals surface area contributed by atoms with Gasteiger partial charge in [-0.15, -0.1) is 11.3 Å². The van der Waals surface area contributed by atoms with Crippen molar-refractivity contribution in [3.05, 3.63) is 113 Å². The topological polar surface area (TPSA) is 84.5 Å². The molecule has 0 bridgehead atoms. The number of methoxy groups -OCH3 is 1. The van der Waals surface area contributed by atoms with Gasteiger partial charge >= 0.3 is 5.97 Å². The van der Waals surface area contributed by atoms with Gasteiger partial charge in [-0.25, -0.2) is 4.79 Å². The average Bonchev–Trinajstić information content (AvgIpc) is 3.32. The molecule has 0 unspecified atom stereocenters. The van der Waals surface area contributed by atoms with Crippen LogP contribution in [-0.2, 0) is 4.74 Å². The Hall–Kier alpha value is -4.14. The number of thiophene rings is 1. The number of anilines is 1. The van der Waals surface area contributed by atoms with Gasteiger partial charge in [-0.2, -0.15) is 0 Å². The fraction of sp³-hybridized carbons (Fsp3) is 0.0370. The number of esters is 1. The zero-order chi connectivity index (χ0) is 24.8. The number of amides is 1. The molecule has 1 aromatic heterocycles. The van der Waals surface area contributed by atoms with Gasteiger partial charge in [0.05, 0.1) is 12.8 Å². The highest BCUT2D eigenvalue weighted by Gasteiger charge is 2.19. The smallest absolute Gasteiger partial charge is 0.350 e. The normalized spacial score (nSPS) is 10.3. The summed E-state index contributed by atoms with van der Waals surface area (Å²) in [7, 11) is 1.31. The van der Waals surface area contributed by atoms with E-state index in [4.69, 9.17) is 17.0 Å². The average molecular weight is 501 g/mol. The SMILES string of the molecule is COC(=O)c1sc(-c2ccccc2)cc1NC(=S)NC(=O)c1ccc(C(=O)c2ccccc2)cc1. The molecule has 0 aliphatic heterocycles. The number of ether oxygens (including phenoxy) is 1. The molecule has 4 rings (SSSR count). The minimum atomic E-state index is -0.507. The molecule has 4 aromatic rings. The molecule has 0 saturated heterocycles. The molecule has 0 spiro atoms. The third kappa shape index (κ3) is 5.68. The Labute approximate surface area is 211 Å². The van der Waals surface area contributed by atoms with Crippen molar-refractivity contribution in [2.45, 2.75) is 0 Å². The second kappa shape index (κ2) is 10.9. The van der Waals surface area contributed by atoms with Gasteiger partial charge in [-0.3, -0.25) is 14.9 Å². The molecule has 174 valence electrons. The molecule has 2 N–H and O–H groups in total. The van der Waals surface area contributed by atoms with E-state index in [2.05, 4.69) is 10.6 Å². The van der Waals surface area contributed by atoms with E-state index >= 15 is 0 Å². The van der Waals surface area contributed by atoms with Crippen LogP contribution < -0.4 is 10.6 Å². The van der Waals surface area contributed by atoms with Crippen molar-refractivity contribution in [3.8, 4) is 10.4 Å².